The van der Waals surface area contributed by atoms with Gasteiger partial charge in [0.2, 0.25) is 0 Å². The van der Waals surface area contributed by atoms with Crippen LogP contribution in [0.4, 0.5) is 5.69 Å². The predicted molar refractivity (Wildman–Crippen MR) is 176 cm³/mol. The second-order valence-electron chi connectivity index (χ2n) is 15.8. The number of ether oxygens (including phenoxy) is 1. The van der Waals surface area contributed by atoms with Gasteiger partial charge in [-0.15, -0.1) is 9.88 Å². The molecule has 3 aromatic rings. The molecule has 240 valence electrons. The first-order valence-corrected chi connectivity index (χ1v) is 15.3. The average Bonchev–Trinajstić information content (AvgIpc) is 2.88. The lowest BCUT2D eigenvalue weighted by Gasteiger charge is -2.46. The fourth-order valence-corrected chi connectivity index (χ4v) is 4.64. The molecule has 3 aromatic carbocycles. The third kappa shape index (κ3) is 7.38. The summed E-state index contributed by atoms with van der Waals surface area (Å²) in [4.78, 5) is 18.4. The van der Waals surface area contributed by atoms with Crippen LogP contribution in [0.2, 0.25) is 0 Å². The number of aromatic hydroxyl groups is 1. The number of phenols is 1. The minimum absolute atomic E-state index is 0.0542. The van der Waals surface area contributed by atoms with E-state index in [4.69, 9.17) is 19.6 Å². The van der Waals surface area contributed by atoms with Crippen molar-refractivity contribution in [3.63, 3.8) is 0 Å². The summed E-state index contributed by atoms with van der Waals surface area (Å²) < 4.78 is 6.73. The molecule has 0 aliphatic carbocycles. The van der Waals surface area contributed by atoms with Gasteiger partial charge in [-0.3, -0.25) is 0 Å². The molecule has 0 amide bonds. The highest BCUT2D eigenvalue weighted by Gasteiger charge is 2.42. The van der Waals surface area contributed by atoms with Gasteiger partial charge in [0, 0.05) is 5.56 Å². The Kier molecular flexibility index (Phi) is 8.94. The predicted octanol–water partition coefficient (Wildman–Crippen LogP) is 9.62. The van der Waals surface area contributed by atoms with Crippen LogP contribution in [0.3, 0.4) is 0 Å². The van der Waals surface area contributed by atoms with E-state index in [2.05, 4.69) is 59.7 Å². The summed E-state index contributed by atoms with van der Waals surface area (Å²) >= 11 is 0. The van der Waals surface area contributed by atoms with Crippen molar-refractivity contribution in [1.82, 2.24) is 10.5 Å². The van der Waals surface area contributed by atoms with Gasteiger partial charge in [0.1, 0.15) is 5.69 Å². The van der Waals surface area contributed by atoms with Crippen LogP contribution >= 0.6 is 0 Å². The number of nitrogens with zero attached hydrogens (tertiary/aromatic N) is 3. The second-order valence-corrected chi connectivity index (χ2v) is 15.8. The molecule has 0 aromatic heterocycles. The molecule has 0 atom stereocenters. The summed E-state index contributed by atoms with van der Waals surface area (Å²) in [6, 6.07) is 16.2. The van der Waals surface area contributed by atoms with Crippen LogP contribution in [0.5, 0.6) is 17.2 Å². The van der Waals surface area contributed by atoms with E-state index in [0.717, 1.165) is 22.3 Å². The van der Waals surface area contributed by atoms with Gasteiger partial charge in [0.15, 0.2) is 17.2 Å². The number of hydrogen-bond acceptors (Lipinski definition) is 8. The molecule has 1 fully saturated rings. The maximum Gasteiger partial charge on any atom is 0.172 e. The first kappa shape index (κ1) is 33.7. The minimum atomic E-state index is -0.543. The van der Waals surface area contributed by atoms with Gasteiger partial charge < -0.3 is 9.84 Å². The van der Waals surface area contributed by atoms with E-state index >= 15 is 0 Å². The summed E-state index contributed by atoms with van der Waals surface area (Å²) in [5, 5.41) is 15.1. The van der Waals surface area contributed by atoms with Crippen LogP contribution < -0.4 is 9.96 Å². The zero-order valence-electron chi connectivity index (χ0n) is 29.0. The van der Waals surface area contributed by atoms with Crippen molar-refractivity contribution in [2.75, 3.05) is 5.23 Å². The Morgan fingerprint density at radius 1 is 0.636 bits per heavy atom. The highest BCUT2D eigenvalue weighted by molar-refractivity contribution is 5.80. The summed E-state index contributed by atoms with van der Waals surface area (Å²) in [7, 11) is 0. The maximum absolute atomic E-state index is 11.1. The van der Waals surface area contributed by atoms with Crippen LogP contribution in [-0.2, 0) is 25.6 Å². The van der Waals surface area contributed by atoms with Crippen LogP contribution in [-0.4, -0.2) is 26.6 Å². The Morgan fingerprint density at radius 3 is 1.61 bits per heavy atom. The van der Waals surface area contributed by atoms with E-state index in [-0.39, 0.29) is 16.6 Å². The molecule has 8 heteroatoms. The summed E-state index contributed by atoms with van der Waals surface area (Å²) in [6.07, 6.45) is 0. The van der Waals surface area contributed by atoms with Crippen molar-refractivity contribution in [1.29, 1.82) is 0 Å². The molecule has 1 saturated heterocycles. The molecule has 0 spiro atoms. The molecule has 44 heavy (non-hydrogen) atoms. The quantitative estimate of drug-likeness (QED) is 0.315. The standard InChI is InChI=1S/C36H51N3O5/c1-23-18-24(2)31(30(40)19-23)41-32-28(25-20-26(33(3,4)5)22-27(21-25)34(6,7)8)16-15-17-29(32)37-42-38(35(9,10)11)44-39(43-37)36(12,13)14/h15-22,40H,1-14H3. The Morgan fingerprint density at radius 2 is 1.16 bits per heavy atom. The van der Waals surface area contributed by atoms with Crippen LogP contribution in [0.15, 0.2) is 48.5 Å². The number of phenolic OH excluding ortho intramolecular Hbond substituents is 1. The molecule has 1 aliphatic rings. The molecule has 8 nitrogen and oxygen atoms in total. The summed E-state index contributed by atoms with van der Waals surface area (Å²) in [5.74, 6) is 0.879. The largest absolute Gasteiger partial charge is 0.504 e. The van der Waals surface area contributed by atoms with Crippen molar-refractivity contribution in [2.45, 2.75) is 119 Å². The number of para-hydroxylation sites is 1. The number of anilines is 1. The van der Waals surface area contributed by atoms with E-state index < -0.39 is 11.1 Å². The Bertz CT molecular complexity index is 1430. The third-order valence-corrected chi connectivity index (χ3v) is 7.31. The topological polar surface area (TPSA) is 66.9 Å². The number of benzene rings is 3. The lowest BCUT2D eigenvalue weighted by Crippen LogP contribution is -2.60. The van der Waals surface area contributed by atoms with Crippen LogP contribution in [0.1, 0.15) is 105 Å². The zero-order valence-corrected chi connectivity index (χ0v) is 29.0. The zero-order chi connectivity index (χ0) is 33.0. The van der Waals surface area contributed by atoms with Gasteiger partial charge in [0.25, 0.3) is 0 Å². The van der Waals surface area contributed by atoms with Crippen molar-refractivity contribution >= 4 is 5.69 Å². The van der Waals surface area contributed by atoms with Gasteiger partial charge in [-0.05, 0) is 117 Å². The van der Waals surface area contributed by atoms with Crippen molar-refractivity contribution in [3.8, 4) is 28.4 Å². The first-order chi connectivity index (χ1) is 20.1. The van der Waals surface area contributed by atoms with E-state index in [1.54, 1.807) is 6.07 Å². The molecule has 0 saturated carbocycles. The maximum atomic E-state index is 11.1. The number of hydroxylamine groups is 4. The molecule has 1 N–H and O–H groups in total. The summed E-state index contributed by atoms with van der Waals surface area (Å²) in [6.45, 7) is 29.0. The fourth-order valence-electron chi connectivity index (χ4n) is 4.64. The molecule has 0 unspecified atom stereocenters. The molecular weight excluding hydrogens is 554 g/mol. The monoisotopic (exact) mass is 605 g/mol. The number of rotatable bonds is 4. The second kappa shape index (κ2) is 11.7. The van der Waals surface area contributed by atoms with Gasteiger partial charge in [-0.1, -0.05) is 83.2 Å². The smallest absolute Gasteiger partial charge is 0.172 e. The molecule has 4 rings (SSSR count). The molecule has 0 radical (unpaired) electrons. The van der Waals surface area contributed by atoms with Crippen LogP contribution in [0, 0.1) is 13.8 Å². The fraction of sp³-hybridized carbons (Fsp3) is 0.500. The van der Waals surface area contributed by atoms with Gasteiger partial charge in [-0.25, -0.2) is 0 Å². The minimum Gasteiger partial charge on any atom is -0.504 e. The van der Waals surface area contributed by atoms with Crippen molar-refractivity contribution in [2.24, 2.45) is 0 Å². The van der Waals surface area contributed by atoms with E-state index in [0.29, 0.717) is 17.2 Å². The Labute approximate surface area is 263 Å². The number of hydrogen-bond donors (Lipinski definition) is 1. The highest BCUT2D eigenvalue weighted by atomic mass is 17.3. The molecule has 1 aliphatic heterocycles. The third-order valence-electron chi connectivity index (χ3n) is 7.31. The van der Waals surface area contributed by atoms with Gasteiger partial charge in [-0.2, -0.15) is 4.94 Å². The lowest BCUT2D eigenvalue weighted by molar-refractivity contribution is -0.638. The molecule has 1 heterocycles. The lowest BCUT2D eigenvalue weighted by atomic mass is 9.79. The average molecular weight is 606 g/mol. The van der Waals surface area contributed by atoms with E-state index in [1.165, 1.54) is 26.8 Å². The normalized spacial score (nSPS) is 16.0. The van der Waals surface area contributed by atoms with E-state index in [1.807, 2.05) is 79.7 Å². The molecule has 0 bridgehead atoms. The first-order valence-electron chi connectivity index (χ1n) is 15.3. The van der Waals surface area contributed by atoms with Crippen LogP contribution in [0.25, 0.3) is 11.1 Å². The van der Waals surface area contributed by atoms with Gasteiger partial charge >= 0.3 is 0 Å². The van der Waals surface area contributed by atoms with E-state index in [9.17, 15) is 5.11 Å². The summed E-state index contributed by atoms with van der Waals surface area (Å²) in [5.41, 5.74) is 5.20. The highest BCUT2D eigenvalue weighted by Crippen LogP contribution is 2.47. The SMILES string of the molecule is Cc1cc(C)c(Oc2c(-c3cc(C(C)(C)C)cc(C(C)(C)C)c3)cccc2N2ON(C(C)(C)C)ON(C(C)(C)C)O2)c(O)c1. The molecular formula is C36H51N3O5. The number of aryl methyl sites for hydroxylation is 2. The van der Waals surface area contributed by atoms with Crippen molar-refractivity contribution < 1.29 is 24.7 Å². The van der Waals surface area contributed by atoms with Crippen molar-refractivity contribution in [3.05, 3.63) is 70.8 Å². The Hall–Kier alpha value is -3.14. The van der Waals surface area contributed by atoms with Gasteiger partial charge in [0.05, 0.1) is 11.1 Å². The Balaban J connectivity index is 2.00.